The van der Waals surface area contributed by atoms with Gasteiger partial charge in [0.25, 0.3) is 5.78 Å². The molecule has 0 aromatic carbocycles. The van der Waals surface area contributed by atoms with Crippen molar-refractivity contribution >= 4 is 21.9 Å². The molecule has 156 valence electrons. The van der Waals surface area contributed by atoms with E-state index in [1.54, 1.807) is 0 Å². The topological polar surface area (TPSA) is 107 Å². The van der Waals surface area contributed by atoms with Crippen LogP contribution in [0.3, 0.4) is 0 Å². The first-order valence-corrected chi connectivity index (χ1v) is 9.94. The quantitative estimate of drug-likeness (QED) is 0.192. The highest BCUT2D eigenvalue weighted by Gasteiger charge is 2.46. The molecule has 0 aromatic rings. The Bertz CT molecular complexity index is 657. The second-order valence-electron chi connectivity index (χ2n) is 6.22. The molecule has 27 heavy (non-hydrogen) atoms. The van der Waals surface area contributed by atoms with Crippen LogP contribution in [0.4, 0.5) is 13.2 Å². The molecule has 1 fully saturated rings. The molecular formula is C16H23F3O7S. The van der Waals surface area contributed by atoms with Gasteiger partial charge in [-0.25, -0.2) is 0 Å². The average Bonchev–Trinajstić information content (AvgIpc) is 2.58. The number of allylic oxidation sites excluding steroid dienone is 1. The van der Waals surface area contributed by atoms with E-state index in [0.29, 0.717) is 12.8 Å². The lowest BCUT2D eigenvalue weighted by molar-refractivity contribution is -0.281. The van der Waals surface area contributed by atoms with Crippen molar-refractivity contribution in [3.05, 3.63) is 12.2 Å². The normalized spacial score (nSPS) is 19.0. The first-order valence-electron chi connectivity index (χ1n) is 8.50. The smallest absolute Gasteiger partial charge is 0.398 e. The van der Waals surface area contributed by atoms with Crippen molar-refractivity contribution in [3.8, 4) is 0 Å². The zero-order valence-corrected chi connectivity index (χ0v) is 15.6. The molecule has 1 aliphatic carbocycles. The number of alkyl halides is 3. The molecule has 0 radical (unpaired) electrons. The predicted molar refractivity (Wildman–Crippen MR) is 88.0 cm³/mol. The standard InChI is InChI=1S/C16H23F3O7S/c1-2-7-13(20)16(19,26-14(21)12-8-4-3-5-9-12)25-11-6-10-15(17,18)27(22,23)24/h2,7,12H,3-6,8-11H2,1H3,(H,22,23,24)/b7-2+. The van der Waals surface area contributed by atoms with E-state index in [4.69, 9.17) is 4.55 Å². The second kappa shape index (κ2) is 9.65. The fourth-order valence-electron chi connectivity index (χ4n) is 2.56. The van der Waals surface area contributed by atoms with Gasteiger partial charge >= 0.3 is 27.4 Å². The fourth-order valence-corrected chi connectivity index (χ4v) is 2.97. The number of halogens is 3. The molecule has 1 atom stereocenters. The number of ketones is 1. The Hall–Kier alpha value is -1.46. The van der Waals surface area contributed by atoms with Gasteiger partial charge < -0.3 is 9.47 Å². The maximum atomic E-state index is 14.8. The van der Waals surface area contributed by atoms with Crippen LogP contribution in [0.15, 0.2) is 12.2 Å². The molecule has 0 saturated heterocycles. The first-order chi connectivity index (χ1) is 12.4. The van der Waals surface area contributed by atoms with Gasteiger partial charge in [0.1, 0.15) is 0 Å². The molecule has 0 amide bonds. The molecule has 1 aliphatic rings. The van der Waals surface area contributed by atoms with E-state index in [0.717, 1.165) is 25.3 Å². The molecule has 0 aromatic heterocycles. The summed E-state index contributed by atoms with van der Waals surface area (Å²) in [5.41, 5.74) is 0. The Kier molecular flexibility index (Phi) is 8.43. The number of hydrogen-bond donors (Lipinski definition) is 1. The van der Waals surface area contributed by atoms with E-state index < -0.39 is 58.5 Å². The Morgan fingerprint density at radius 3 is 2.30 bits per heavy atom. The Morgan fingerprint density at radius 2 is 1.78 bits per heavy atom. The van der Waals surface area contributed by atoms with Crippen molar-refractivity contribution in [3.63, 3.8) is 0 Å². The molecule has 1 saturated carbocycles. The Labute approximate surface area is 155 Å². The van der Waals surface area contributed by atoms with Crippen molar-refractivity contribution in [1.29, 1.82) is 0 Å². The Balaban J connectivity index is 2.73. The van der Waals surface area contributed by atoms with Crippen LogP contribution in [0.2, 0.25) is 0 Å². The molecular weight excluding hydrogens is 393 g/mol. The van der Waals surface area contributed by atoms with E-state index in [-0.39, 0.29) is 0 Å². The number of esters is 1. The van der Waals surface area contributed by atoms with Gasteiger partial charge in [-0.1, -0.05) is 25.3 Å². The van der Waals surface area contributed by atoms with E-state index in [1.807, 2.05) is 0 Å². The number of rotatable bonds is 10. The van der Waals surface area contributed by atoms with Gasteiger partial charge in [0.05, 0.1) is 12.5 Å². The maximum Gasteiger partial charge on any atom is 0.432 e. The van der Waals surface area contributed by atoms with Crippen molar-refractivity contribution in [2.45, 2.75) is 63.2 Å². The van der Waals surface area contributed by atoms with Crippen LogP contribution < -0.4 is 0 Å². The van der Waals surface area contributed by atoms with E-state index in [2.05, 4.69) is 9.47 Å². The molecule has 0 aliphatic heterocycles. The summed E-state index contributed by atoms with van der Waals surface area (Å²) in [6.45, 7) is 0.566. The lowest BCUT2D eigenvalue weighted by Crippen LogP contribution is -2.43. The third-order valence-electron chi connectivity index (χ3n) is 4.06. The van der Waals surface area contributed by atoms with E-state index in [1.165, 1.54) is 13.0 Å². The third-order valence-corrected chi connectivity index (χ3v) is 5.02. The van der Waals surface area contributed by atoms with Crippen molar-refractivity contribution in [1.82, 2.24) is 0 Å². The van der Waals surface area contributed by atoms with Gasteiger partial charge in [-0.05, 0) is 32.3 Å². The summed E-state index contributed by atoms with van der Waals surface area (Å²) in [5, 5.41) is -4.44. The largest absolute Gasteiger partial charge is 0.432 e. The molecule has 1 rings (SSSR count). The lowest BCUT2D eigenvalue weighted by Gasteiger charge is -2.26. The van der Waals surface area contributed by atoms with Gasteiger partial charge in [0.2, 0.25) is 0 Å². The van der Waals surface area contributed by atoms with E-state index in [9.17, 15) is 31.2 Å². The Morgan fingerprint density at radius 1 is 1.19 bits per heavy atom. The monoisotopic (exact) mass is 416 g/mol. The SMILES string of the molecule is C/C=C/C(=O)C(F)(OCCCC(F)(F)S(=O)(=O)O)OC(=O)C1CCCCC1. The van der Waals surface area contributed by atoms with Crippen LogP contribution >= 0.6 is 0 Å². The second-order valence-corrected chi connectivity index (χ2v) is 7.77. The summed E-state index contributed by atoms with van der Waals surface area (Å²) in [5.74, 6) is -2.88. The summed E-state index contributed by atoms with van der Waals surface area (Å²) in [6, 6.07) is -3.49. The highest BCUT2D eigenvalue weighted by atomic mass is 32.2. The van der Waals surface area contributed by atoms with Crippen LogP contribution in [0.5, 0.6) is 0 Å². The van der Waals surface area contributed by atoms with Crippen LogP contribution in [-0.2, 0) is 29.2 Å². The number of carbonyl (C=O) groups excluding carboxylic acids is 2. The predicted octanol–water partition coefficient (Wildman–Crippen LogP) is 3.16. The summed E-state index contributed by atoms with van der Waals surface area (Å²) >= 11 is 0. The minimum absolute atomic E-state index is 0.479. The van der Waals surface area contributed by atoms with Gasteiger partial charge in [0, 0.05) is 6.42 Å². The summed E-state index contributed by atoms with van der Waals surface area (Å²) in [6.07, 6.45) is 3.27. The molecule has 7 nitrogen and oxygen atoms in total. The molecule has 0 heterocycles. The van der Waals surface area contributed by atoms with Crippen LogP contribution in [0.1, 0.15) is 51.9 Å². The third kappa shape index (κ3) is 6.89. The zero-order chi connectivity index (χ0) is 20.7. The molecule has 0 spiro atoms. The first kappa shape index (κ1) is 23.6. The van der Waals surface area contributed by atoms with Crippen molar-refractivity contribution in [2.75, 3.05) is 6.61 Å². The zero-order valence-electron chi connectivity index (χ0n) is 14.8. The fraction of sp³-hybridized carbons (Fsp3) is 0.750. The maximum absolute atomic E-state index is 14.8. The molecule has 11 heteroatoms. The number of carbonyl (C=O) groups is 2. The molecule has 1 N–H and O–H groups in total. The van der Waals surface area contributed by atoms with Gasteiger partial charge in [-0.15, -0.1) is 0 Å². The summed E-state index contributed by atoms with van der Waals surface area (Å²) < 4.78 is 79.7. The van der Waals surface area contributed by atoms with Gasteiger partial charge in [-0.2, -0.15) is 21.6 Å². The van der Waals surface area contributed by atoms with Crippen LogP contribution in [0, 0.1) is 5.92 Å². The van der Waals surface area contributed by atoms with E-state index >= 15 is 0 Å². The highest BCUT2D eigenvalue weighted by Crippen LogP contribution is 2.29. The lowest BCUT2D eigenvalue weighted by atomic mass is 9.89. The highest BCUT2D eigenvalue weighted by molar-refractivity contribution is 7.86. The van der Waals surface area contributed by atoms with Crippen LogP contribution in [-0.4, -0.2) is 42.6 Å². The number of hydrogen-bond acceptors (Lipinski definition) is 6. The average molecular weight is 416 g/mol. The van der Waals surface area contributed by atoms with Gasteiger partial charge in [0.15, 0.2) is 0 Å². The van der Waals surface area contributed by atoms with Crippen molar-refractivity contribution in [2.24, 2.45) is 5.92 Å². The summed E-state index contributed by atoms with van der Waals surface area (Å²) in [7, 11) is -5.62. The minimum Gasteiger partial charge on any atom is -0.398 e. The van der Waals surface area contributed by atoms with Crippen molar-refractivity contribution < 1.29 is 45.2 Å². The summed E-state index contributed by atoms with van der Waals surface area (Å²) in [4.78, 5) is 24.0. The van der Waals surface area contributed by atoms with Crippen LogP contribution in [0.25, 0.3) is 0 Å². The molecule has 0 bridgehead atoms. The van der Waals surface area contributed by atoms with Gasteiger partial charge in [-0.3, -0.25) is 14.1 Å². The number of ether oxygens (including phenoxy) is 2. The minimum atomic E-state index is -5.62. The molecule has 1 unspecified atom stereocenters.